The number of hydrogen-bond donors (Lipinski definition) is 0. The number of Topliss-reactive ketones (excluding diaryl/α,β-unsaturated/α-hetero) is 1. The second-order valence-corrected chi connectivity index (χ2v) is 10.0. The van der Waals surface area contributed by atoms with Gasteiger partial charge in [0.25, 0.3) is 5.56 Å². The molecule has 0 aliphatic carbocycles. The SMILES string of the molecule is COc1cccc(-c2c(C)c(Cc3c(F)cccc3F)c3n(c2=O)C(C(=O)c2cc(F)cc(F)c2)CS3)c1F. The molecule has 0 saturated carbocycles. The van der Waals surface area contributed by atoms with Gasteiger partial charge in [0.2, 0.25) is 0 Å². The summed E-state index contributed by atoms with van der Waals surface area (Å²) in [5.74, 6) is -5.21. The molecule has 1 aliphatic rings. The van der Waals surface area contributed by atoms with Gasteiger partial charge in [-0.3, -0.25) is 14.2 Å². The third kappa shape index (κ3) is 4.63. The van der Waals surface area contributed by atoms with Gasteiger partial charge in [0, 0.05) is 34.9 Å². The second-order valence-electron chi connectivity index (χ2n) is 9.01. The Kier molecular flexibility index (Phi) is 7.07. The van der Waals surface area contributed by atoms with Crippen molar-refractivity contribution in [1.82, 2.24) is 4.57 Å². The number of fused-ring (bicyclic) bond motifs is 1. The lowest BCUT2D eigenvalue weighted by Crippen LogP contribution is -2.31. The van der Waals surface area contributed by atoms with E-state index in [2.05, 4.69) is 0 Å². The monoisotopic (exact) mass is 557 g/mol. The number of carbonyl (C=O) groups is 1. The minimum Gasteiger partial charge on any atom is -0.494 e. The minimum absolute atomic E-state index is 0.0163. The zero-order valence-corrected chi connectivity index (χ0v) is 21.5. The highest BCUT2D eigenvalue weighted by atomic mass is 32.2. The van der Waals surface area contributed by atoms with Crippen LogP contribution in [0.25, 0.3) is 11.1 Å². The van der Waals surface area contributed by atoms with E-state index in [0.717, 1.165) is 40.6 Å². The Labute approximate surface area is 224 Å². The zero-order chi connectivity index (χ0) is 28.0. The van der Waals surface area contributed by atoms with Crippen LogP contribution < -0.4 is 10.3 Å². The molecule has 0 bridgehead atoms. The van der Waals surface area contributed by atoms with Crippen molar-refractivity contribution in [2.24, 2.45) is 0 Å². The van der Waals surface area contributed by atoms with Crippen molar-refractivity contribution in [3.63, 3.8) is 0 Å². The fraction of sp³-hybridized carbons (Fsp3) is 0.172. The third-order valence-electron chi connectivity index (χ3n) is 6.74. The van der Waals surface area contributed by atoms with Crippen LogP contribution in [-0.2, 0) is 6.42 Å². The Morgan fingerprint density at radius 1 is 0.974 bits per heavy atom. The van der Waals surface area contributed by atoms with Gasteiger partial charge in [0.15, 0.2) is 17.3 Å². The van der Waals surface area contributed by atoms with Crippen LogP contribution in [0.4, 0.5) is 22.0 Å². The van der Waals surface area contributed by atoms with Gasteiger partial charge < -0.3 is 4.74 Å². The first-order valence-electron chi connectivity index (χ1n) is 11.8. The molecule has 10 heteroatoms. The minimum atomic E-state index is -1.20. The highest BCUT2D eigenvalue weighted by Gasteiger charge is 2.36. The van der Waals surface area contributed by atoms with Crippen molar-refractivity contribution in [3.05, 3.63) is 116 Å². The van der Waals surface area contributed by atoms with E-state index in [0.29, 0.717) is 11.6 Å². The van der Waals surface area contributed by atoms with Gasteiger partial charge >= 0.3 is 0 Å². The third-order valence-corrected chi connectivity index (χ3v) is 7.94. The number of halogens is 5. The molecule has 4 aromatic rings. The Hall–Kier alpha value is -3.92. The number of aromatic nitrogens is 1. The van der Waals surface area contributed by atoms with Gasteiger partial charge in [-0.2, -0.15) is 0 Å². The molecule has 3 aromatic carbocycles. The van der Waals surface area contributed by atoms with Crippen molar-refractivity contribution in [3.8, 4) is 16.9 Å². The molecule has 1 aromatic heterocycles. The molecule has 1 atom stereocenters. The number of pyridine rings is 1. The first kappa shape index (κ1) is 26.7. The van der Waals surface area contributed by atoms with Crippen molar-refractivity contribution < 1.29 is 31.5 Å². The fourth-order valence-corrected chi connectivity index (χ4v) is 6.21. The smallest absolute Gasteiger partial charge is 0.260 e. The summed E-state index contributed by atoms with van der Waals surface area (Å²) < 4.78 is 78.7. The van der Waals surface area contributed by atoms with E-state index in [1.165, 1.54) is 31.4 Å². The number of nitrogens with zero attached hydrogens (tertiary/aromatic N) is 1. The molecule has 0 saturated heterocycles. The molecule has 2 heterocycles. The van der Waals surface area contributed by atoms with Crippen LogP contribution in [0.3, 0.4) is 0 Å². The summed E-state index contributed by atoms with van der Waals surface area (Å²) in [7, 11) is 1.26. The fourth-order valence-electron chi connectivity index (χ4n) is 4.85. The Balaban J connectivity index is 1.78. The molecule has 0 spiro atoms. The summed E-state index contributed by atoms with van der Waals surface area (Å²) in [6, 6.07) is 8.80. The van der Waals surface area contributed by atoms with E-state index in [-0.39, 0.29) is 50.8 Å². The summed E-state index contributed by atoms with van der Waals surface area (Å²) in [5, 5.41) is 0.266. The summed E-state index contributed by atoms with van der Waals surface area (Å²) in [6.07, 6.45) is -0.291. The summed E-state index contributed by atoms with van der Waals surface area (Å²) in [6.45, 7) is 1.54. The highest BCUT2D eigenvalue weighted by molar-refractivity contribution is 7.99. The maximum atomic E-state index is 15.4. The summed E-state index contributed by atoms with van der Waals surface area (Å²) in [4.78, 5) is 27.4. The predicted molar refractivity (Wildman–Crippen MR) is 137 cm³/mol. The van der Waals surface area contributed by atoms with Gasteiger partial charge in [0.05, 0.1) is 17.7 Å². The van der Waals surface area contributed by atoms with Crippen LogP contribution in [0.5, 0.6) is 5.75 Å². The van der Waals surface area contributed by atoms with Crippen LogP contribution in [0.2, 0.25) is 0 Å². The van der Waals surface area contributed by atoms with Crippen molar-refractivity contribution in [1.29, 1.82) is 0 Å². The molecule has 0 amide bonds. The standard InChI is InChI=1S/C29H20F5NO3S/c1-14-19(12-20-21(32)6-4-7-22(20)33)29-35(28(37)25(14)18-5-3-8-24(38-2)26(18)34)23(13-39-29)27(36)15-9-16(30)11-17(31)10-15/h3-11,23H,12-13H2,1-2H3. The first-order valence-corrected chi connectivity index (χ1v) is 12.8. The molecule has 0 fully saturated rings. The van der Waals surface area contributed by atoms with Gasteiger partial charge in [0.1, 0.15) is 29.3 Å². The van der Waals surface area contributed by atoms with E-state index >= 15 is 4.39 Å². The van der Waals surface area contributed by atoms with Crippen LogP contribution >= 0.6 is 11.8 Å². The molecule has 39 heavy (non-hydrogen) atoms. The van der Waals surface area contributed by atoms with E-state index < -0.39 is 46.5 Å². The highest BCUT2D eigenvalue weighted by Crippen LogP contribution is 2.41. The van der Waals surface area contributed by atoms with Gasteiger partial charge in [-0.15, -0.1) is 11.8 Å². The summed E-state index contributed by atoms with van der Waals surface area (Å²) in [5.41, 5.74) is -0.918. The number of thioether (sulfide) groups is 1. The van der Waals surface area contributed by atoms with Crippen LogP contribution in [-0.4, -0.2) is 23.2 Å². The molecule has 1 unspecified atom stereocenters. The molecule has 1 aliphatic heterocycles. The average Bonchev–Trinajstić information content (AvgIpc) is 3.33. The molecular weight excluding hydrogens is 537 g/mol. The largest absolute Gasteiger partial charge is 0.494 e. The van der Waals surface area contributed by atoms with E-state index in [4.69, 9.17) is 4.74 Å². The molecule has 200 valence electrons. The number of rotatable bonds is 6. The summed E-state index contributed by atoms with van der Waals surface area (Å²) >= 11 is 1.10. The number of benzene rings is 3. The molecule has 4 nitrogen and oxygen atoms in total. The molecule has 0 radical (unpaired) electrons. The lowest BCUT2D eigenvalue weighted by Gasteiger charge is -2.21. The van der Waals surface area contributed by atoms with Crippen LogP contribution in [0.15, 0.2) is 64.4 Å². The number of methoxy groups -OCH3 is 1. The van der Waals surface area contributed by atoms with Crippen LogP contribution in [0.1, 0.15) is 33.1 Å². The zero-order valence-electron chi connectivity index (χ0n) is 20.7. The van der Waals surface area contributed by atoms with E-state index in [9.17, 15) is 27.2 Å². The molecular formula is C29H20F5NO3S. The Morgan fingerprint density at radius 2 is 1.62 bits per heavy atom. The Bertz CT molecular complexity index is 1660. The number of carbonyl (C=O) groups excluding carboxylic acids is 1. The van der Waals surface area contributed by atoms with Crippen molar-refractivity contribution in [2.75, 3.05) is 12.9 Å². The maximum Gasteiger partial charge on any atom is 0.260 e. The first-order chi connectivity index (χ1) is 18.6. The van der Waals surface area contributed by atoms with Gasteiger partial charge in [-0.25, -0.2) is 22.0 Å². The average molecular weight is 558 g/mol. The topological polar surface area (TPSA) is 48.3 Å². The molecule has 5 rings (SSSR count). The number of ketones is 1. The quantitative estimate of drug-likeness (QED) is 0.197. The maximum absolute atomic E-state index is 15.4. The lowest BCUT2D eigenvalue weighted by atomic mass is 9.93. The lowest BCUT2D eigenvalue weighted by molar-refractivity contribution is 0.0933. The van der Waals surface area contributed by atoms with Gasteiger partial charge in [-0.05, 0) is 48.4 Å². The van der Waals surface area contributed by atoms with Gasteiger partial charge in [-0.1, -0.05) is 18.2 Å². The van der Waals surface area contributed by atoms with Crippen LogP contribution in [0, 0.1) is 36.0 Å². The van der Waals surface area contributed by atoms with Crippen molar-refractivity contribution >= 4 is 17.5 Å². The number of ether oxygens (including phenoxy) is 1. The molecule has 0 N–H and O–H groups in total. The van der Waals surface area contributed by atoms with Crippen molar-refractivity contribution in [2.45, 2.75) is 24.4 Å². The second kappa shape index (κ2) is 10.3. The Morgan fingerprint density at radius 3 is 2.26 bits per heavy atom. The normalized spacial score (nSPS) is 14.4. The predicted octanol–water partition coefficient (Wildman–Crippen LogP) is 6.65. The van der Waals surface area contributed by atoms with E-state index in [1.54, 1.807) is 6.92 Å². The number of hydrogen-bond acceptors (Lipinski definition) is 4. The van der Waals surface area contributed by atoms with E-state index in [1.807, 2.05) is 0 Å².